The van der Waals surface area contributed by atoms with Crippen LogP contribution in [0.25, 0.3) is 0 Å². The molecule has 2 aromatic rings. The second-order valence-electron chi connectivity index (χ2n) is 4.61. The molecule has 1 atom stereocenters. The summed E-state index contributed by atoms with van der Waals surface area (Å²) in [5, 5.41) is 3.47. The SMILES string of the molecule is CSc1cccc(NC(C)Cc2ccc(F)cc2)c1. The molecule has 0 radical (unpaired) electrons. The maximum atomic E-state index is 12.8. The quantitative estimate of drug-likeness (QED) is 0.801. The molecule has 0 aromatic heterocycles. The minimum Gasteiger partial charge on any atom is -0.382 e. The number of anilines is 1. The first-order valence-corrected chi connectivity index (χ1v) is 7.55. The van der Waals surface area contributed by atoms with Gasteiger partial charge in [0.15, 0.2) is 0 Å². The largest absolute Gasteiger partial charge is 0.382 e. The van der Waals surface area contributed by atoms with E-state index in [-0.39, 0.29) is 5.82 Å². The van der Waals surface area contributed by atoms with Crippen LogP contribution in [0.2, 0.25) is 0 Å². The van der Waals surface area contributed by atoms with E-state index in [0.29, 0.717) is 6.04 Å². The van der Waals surface area contributed by atoms with Crippen molar-refractivity contribution in [1.29, 1.82) is 0 Å². The van der Waals surface area contributed by atoms with Crippen LogP contribution >= 0.6 is 11.8 Å². The van der Waals surface area contributed by atoms with Crippen LogP contribution in [-0.2, 0) is 6.42 Å². The molecule has 0 saturated carbocycles. The zero-order valence-electron chi connectivity index (χ0n) is 11.2. The van der Waals surface area contributed by atoms with E-state index >= 15 is 0 Å². The molecule has 0 amide bonds. The second kappa shape index (κ2) is 6.62. The third-order valence-electron chi connectivity index (χ3n) is 2.94. The lowest BCUT2D eigenvalue weighted by molar-refractivity contribution is 0.626. The Labute approximate surface area is 118 Å². The van der Waals surface area contributed by atoms with Gasteiger partial charge in [-0.3, -0.25) is 0 Å². The van der Waals surface area contributed by atoms with Crippen LogP contribution in [0.4, 0.5) is 10.1 Å². The highest BCUT2D eigenvalue weighted by molar-refractivity contribution is 7.98. The van der Waals surface area contributed by atoms with Gasteiger partial charge in [0.2, 0.25) is 0 Å². The van der Waals surface area contributed by atoms with Crippen molar-refractivity contribution in [2.45, 2.75) is 24.3 Å². The molecule has 0 saturated heterocycles. The normalized spacial score (nSPS) is 12.2. The fourth-order valence-corrected chi connectivity index (χ4v) is 2.48. The maximum absolute atomic E-state index is 12.8. The summed E-state index contributed by atoms with van der Waals surface area (Å²) in [5.41, 5.74) is 2.27. The molecular formula is C16H18FNS. The fraction of sp³-hybridized carbons (Fsp3) is 0.250. The van der Waals surface area contributed by atoms with Crippen molar-refractivity contribution in [2.24, 2.45) is 0 Å². The standard InChI is InChI=1S/C16H18FNS/c1-12(10-13-6-8-14(17)9-7-13)18-15-4-3-5-16(11-15)19-2/h3-9,11-12,18H,10H2,1-2H3. The van der Waals surface area contributed by atoms with Gasteiger partial charge in [0.1, 0.15) is 5.82 Å². The van der Waals surface area contributed by atoms with Crippen molar-refractivity contribution < 1.29 is 4.39 Å². The van der Waals surface area contributed by atoms with E-state index in [1.165, 1.54) is 17.0 Å². The summed E-state index contributed by atoms with van der Waals surface area (Å²) in [6.45, 7) is 2.13. The van der Waals surface area contributed by atoms with Crippen molar-refractivity contribution in [3.8, 4) is 0 Å². The Bertz CT molecular complexity index is 525. The minimum absolute atomic E-state index is 0.183. The highest BCUT2D eigenvalue weighted by Crippen LogP contribution is 2.20. The van der Waals surface area contributed by atoms with Crippen LogP contribution in [0.15, 0.2) is 53.4 Å². The Morgan fingerprint density at radius 2 is 1.89 bits per heavy atom. The molecule has 1 nitrogen and oxygen atoms in total. The third kappa shape index (κ3) is 4.28. The highest BCUT2D eigenvalue weighted by atomic mass is 32.2. The van der Waals surface area contributed by atoms with E-state index < -0.39 is 0 Å². The fourth-order valence-electron chi connectivity index (χ4n) is 2.02. The van der Waals surface area contributed by atoms with Crippen molar-refractivity contribution in [3.05, 3.63) is 59.9 Å². The van der Waals surface area contributed by atoms with Gasteiger partial charge < -0.3 is 5.32 Å². The number of halogens is 1. The molecule has 100 valence electrons. The number of hydrogen-bond donors (Lipinski definition) is 1. The van der Waals surface area contributed by atoms with Gasteiger partial charge in [0, 0.05) is 16.6 Å². The lowest BCUT2D eigenvalue weighted by Crippen LogP contribution is -2.18. The molecule has 0 bridgehead atoms. The third-order valence-corrected chi connectivity index (χ3v) is 3.66. The Morgan fingerprint density at radius 1 is 1.16 bits per heavy atom. The topological polar surface area (TPSA) is 12.0 Å². The summed E-state index contributed by atoms with van der Waals surface area (Å²) >= 11 is 1.73. The van der Waals surface area contributed by atoms with E-state index in [2.05, 4.69) is 42.8 Å². The van der Waals surface area contributed by atoms with Crippen LogP contribution in [0, 0.1) is 5.82 Å². The number of rotatable bonds is 5. The van der Waals surface area contributed by atoms with Gasteiger partial charge in [-0.05, 0) is 55.5 Å². The highest BCUT2D eigenvalue weighted by Gasteiger charge is 2.04. The Morgan fingerprint density at radius 3 is 2.58 bits per heavy atom. The number of hydrogen-bond acceptors (Lipinski definition) is 2. The van der Waals surface area contributed by atoms with Crippen LogP contribution in [0.1, 0.15) is 12.5 Å². The molecule has 0 aliphatic heterocycles. The Balaban J connectivity index is 1.96. The molecule has 3 heteroatoms. The average molecular weight is 275 g/mol. The zero-order chi connectivity index (χ0) is 13.7. The molecule has 19 heavy (non-hydrogen) atoms. The summed E-state index contributed by atoms with van der Waals surface area (Å²) in [6.07, 6.45) is 2.95. The predicted octanol–water partition coefficient (Wildman–Crippen LogP) is 4.59. The van der Waals surface area contributed by atoms with Crippen molar-refractivity contribution in [3.63, 3.8) is 0 Å². The molecule has 0 heterocycles. The first-order valence-electron chi connectivity index (χ1n) is 6.32. The summed E-state index contributed by atoms with van der Waals surface area (Å²) in [4.78, 5) is 1.25. The first kappa shape index (κ1) is 13.9. The van der Waals surface area contributed by atoms with Crippen LogP contribution in [-0.4, -0.2) is 12.3 Å². The number of nitrogens with one attached hydrogen (secondary N) is 1. The minimum atomic E-state index is -0.183. The molecule has 0 aliphatic carbocycles. The summed E-state index contributed by atoms with van der Waals surface area (Å²) in [6, 6.07) is 15.4. The lowest BCUT2D eigenvalue weighted by atomic mass is 10.1. The average Bonchev–Trinajstić information content (AvgIpc) is 2.41. The zero-order valence-corrected chi connectivity index (χ0v) is 12.0. The van der Waals surface area contributed by atoms with Gasteiger partial charge in [-0.1, -0.05) is 18.2 Å². The van der Waals surface area contributed by atoms with E-state index in [4.69, 9.17) is 0 Å². The molecule has 2 aromatic carbocycles. The monoisotopic (exact) mass is 275 g/mol. The number of thioether (sulfide) groups is 1. The van der Waals surface area contributed by atoms with Gasteiger partial charge >= 0.3 is 0 Å². The Kier molecular flexibility index (Phi) is 4.86. The summed E-state index contributed by atoms with van der Waals surface area (Å²) in [5.74, 6) is -0.183. The molecule has 2 rings (SSSR count). The molecule has 0 spiro atoms. The van der Waals surface area contributed by atoms with Gasteiger partial charge in [0.05, 0.1) is 0 Å². The van der Waals surface area contributed by atoms with Crippen LogP contribution < -0.4 is 5.32 Å². The Hall–Kier alpha value is -1.48. The van der Waals surface area contributed by atoms with Crippen molar-refractivity contribution in [2.75, 3.05) is 11.6 Å². The van der Waals surface area contributed by atoms with E-state index in [1.54, 1.807) is 11.8 Å². The van der Waals surface area contributed by atoms with Crippen LogP contribution in [0.5, 0.6) is 0 Å². The maximum Gasteiger partial charge on any atom is 0.123 e. The number of benzene rings is 2. The smallest absolute Gasteiger partial charge is 0.123 e. The van der Waals surface area contributed by atoms with Gasteiger partial charge in [-0.2, -0.15) is 0 Å². The molecule has 0 aliphatic rings. The van der Waals surface area contributed by atoms with E-state index in [0.717, 1.165) is 17.7 Å². The van der Waals surface area contributed by atoms with Crippen molar-refractivity contribution in [1.82, 2.24) is 0 Å². The summed E-state index contributed by atoms with van der Waals surface area (Å²) in [7, 11) is 0. The molecule has 1 N–H and O–H groups in total. The van der Waals surface area contributed by atoms with E-state index in [1.807, 2.05) is 12.1 Å². The van der Waals surface area contributed by atoms with Gasteiger partial charge in [-0.15, -0.1) is 11.8 Å². The van der Waals surface area contributed by atoms with Crippen molar-refractivity contribution >= 4 is 17.4 Å². The van der Waals surface area contributed by atoms with Crippen LogP contribution in [0.3, 0.4) is 0 Å². The van der Waals surface area contributed by atoms with Gasteiger partial charge in [0.25, 0.3) is 0 Å². The van der Waals surface area contributed by atoms with Gasteiger partial charge in [-0.25, -0.2) is 4.39 Å². The van der Waals surface area contributed by atoms with E-state index in [9.17, 15) is 4.39 Å². The molecule has 0 fully saturated rings. The molecule has 1 unspecified atom stereocenters. The lowest BCUT2D eigenvalue weighted by Gasteiger charge is -2.16. The second-order valence-corrected chi connectivity index (χ2v) is 5.49. The summed E-state index contributed by atoms with van der Waals surface area (Å²) < 4.78 is 12.8. The molecular weight excluding hydrogens is 257 g/mol. The first-order chi connectivity index (χ1) is 9.17. The predicted molar refractivity (Wildman–Crippen MR) is 81.4 cm³/mol.